The number of nitrogens with one attached hydrogen (secondary N) is 1. The van der Waals surface area contributed by atoms with Crippen molar-refractivity contribution in [1.29, 1.82) is 0 Å². The fourth-order valence-corrected chi connectivity index (χ4v) is 1.58. The lowest BCUT2D eigenvalue weighted by Crippen LogP contribution is -2.27. The molecule has 1 rings (SSSR count). The van der Waals surface area contributed by atoms with E-state index in [2.05, 4.69) is 26.2 Å². The molecule has 0 unspecified atom stereocenters. The number of rotatable bonds is 2. The molecule has 0 atom stereocenters. The Hall–Kier alpha value is -1.30. The van der Waals surface area contributed by atoms with E-state index in [1.54, 1.807) is 27.0 Å². The largest absolute Gasteiger partial charge is 0.493 e. The fourth-order valence-electron chi connectivity index (χ4n) is 1.30. The summed E-state index contributed by atoms with van der Waals surface area (Å²) in [5.74, 6) is 0.850. The second-order valence-corrected chi connectivity index (χ2v) is 5.59. The number of aromatic nitrogens is 1. The van der Waals surface area contributed by atoms with Crippen LogP contribution in [0.4, 0.5) is 10.6 Å². The highest BCUT2D eigenvalue weighted by atomic mass is 79.9. The highest BCUT2D eigenvalue weighted by Crippen LogP contribution is 2.31. The highest BCUT2D eigenvalue weighted by molar-refractivity contribution is 9.10. The van der Waals surface area contributed by atoms with Gasteiger partial charge in [0.25, 0.3) is 0 Å². The number of hydrogen-bond donors (Lipinski definition) is 1. The maximum Gasteiger partial charge on any atom is 0.413 e. The Morgan fingerprint density at radius 1 is 1.44 bits per heavy atom. The third-order valence-electron chi connectivity index (χ3n) is 2.04. The summed E-state index contributed by atoms with van der Waals surface area (Å²) in [6.45, 7) is 7.25. The molecule has 1 N–H and O–H groups in total. The molecule has 0 radical (unpaired) electrons. The van der Waals surface area contributed by atoms with E-state index in [-0.39, 0.29) is 0 Å². The van der Waals surface area contributed by atoms with Crippen molar-refractivity contribution in [3.05, 3.63) is 16.2 Å². The molecule has 1 heterocycles. The minimum atomic E-state index is -0.560. The van der Waals surface area contributed by atoms with E-state index in [0.717, 1.165) is 10.0 Å². The molecule has 1 aromatic rings. The van der Waals surface area contributed by atoms with E-state index in [4.69, 9.17) is 9.47 Å². The minimum absolute atomic E-state index is 0.340. The number of nitrogens with zero attached hydrogens (tertiary/aromatic N) is 1. The van der Waals surface area contributed by atoms with E-state index in [1.165, 1.54) is 7.11 Å². The Morgan fingerprint density at radius 3 is 2.56 bits per heavy atom. The molecule has 1 aromatic heterocycles. The smallest absolute Gasteiger partial charge is 0.413 e. The molecule has 0 saturated carbocycles. The van der Waals surface area contributed by atoms with Crippen LogP contribution in [0.1, 0.15) is 26.3 Å². The van der Waals surface area contributed by atoms with E-state index in [1.807, 2.05) is 6.92 Å². The van der Waals surface area contributed by atoms with Crippen molar-refractivity contribution in [2.75, 3.05) is 12.4 Å². The van der Waals surface area contributed by atoms with Crippen molar-refractivity contribution in [2.45, 2.75) is 33.3 Å². The first-order valence-corrected chi connectivity index (χ1v) is 6.23. The van der Waals surface area contributed by atoms with E-state index < -0.39 is 11.7 Å². The van der Waals surface area contributed by atoms with Gasteiger partial charge < -0.3 is 9.47 Å². The van der Waals surface area contributed by atoms with Crippen molar-refractivity contribution in [1.82, 2.24) is 4.98 Å². The number of halogens is 1. The van der Waals surface area contributed by atoms with E-state index >= 15 is 0 Å². The van der Waals surface area contributed by atoms with Gasteiger partial charge in [0.05, 0.1) is 7.11 Å². The zero-order valence-corrected chi connectivity index (χ0v) is 12.7. The van der Waals surface area contributed by atoms with Crippen molar-refractivity contribution >= 4 is 27.8 Å². The van der Waals surface area contributed by atoms with Crippen molar-refractivity contribution < 1.29 is 14.3 Å². The van der Waals surface area contributed by atoms with Crippen LogP contribution in [0.5, 0.6) is 5.75 Å². The molecule has 1 amide bonds. The van der Waals surface area contributed by atoms with Gasteiger partial charge in [-0.3, -0.25) is 5.32 Å². The molecule has 5 nitrogen and oxygen atoms in total. The number of carbonyl (C=O) groups excluding carboxylic acids is 1. The summed E-state index contributed by atoms with van der Waals surface area (Å²) in [7, 11) is 1.52. The van der Waals surface area contributed by atoms with Crippen LogP contribution < -0.4 is 10.1 Å². The van der Waals surface area contributed by atoms with Gasteiger partial charge in [-0.2, -0.15) is 0 Å². The number of carbonyl (C=O) groups is 1. The van der Waals surface area contributed by atoms with E-state index in [9.17, 15) is 4.79 Å². The number of amides is 1. The number of pyridine rings is 1. The first-order valence-electron chi connectivity index (χ1n) is 5.43. The quantitative estimate of drug-likeness (QED) is 0.907. The van der Waals surface area contributed by atoms with Crippen LogP contribution >= 0.6 is 15.9 Å². The summed E-state index contributed by atoms with van der Waals surface area (Å²) in [4.78, 5) is 15.7. The van der Waals surface area contributed by atoms with Gasteiger partial charge in [0, 0.05) is 16.2 Å². The van der Waals surface area contributed by atoms with Gasteiger partial charge in [-0.25, -0.2) is 9.78 Å². The van der Waals surface area contributed by atoms with Gasteiger partial charge in [0.1, 0.15) is 5.60 Å². The molecule has 18 heavy (non-hydrogen) atoms. The molecule has 6 heteroatoms. The van der Waals surface area contributed by atoms with Crippen LogP contribution in [0.3, 0.4) is 0 Å². The molecular weight excluding hydrogens is 300 g/mol. The topological polar surface area (TPSA) is 60.5 Å². The maximum absolute atomic E-state index is 11.7. The van der Waals surface area contributed by atoms with Crippen molar-refractivity contribution in [3.63, 3.8) is 0 Å². The molecule has 0 saturated heterocycles. The monoisotopic (exact) mass is 316 g/mol. The third kappa shape index (κ3) is 3.87. The third-order valence-corrected chi connectivity index (χ3v) is 2.84. The lowest BCUT2D eigenvalue weighted by molar-refractivity contribution is 0.0634. The van der Waals surface area contributed by atoms with Crippen LogP contribution in [-0.4, -0.2) is 23.8 Å². The number of methoxy groups -OCH3 is 1. The van der Waals surface area contributed by atoms with Crippen LogP contribution in [-0.2, 0) is 4.74 Å². The number of ether oxygens (including phenoxy) is 2. The standard InChI is InChI=1S/C12H17BrN2O3/c1-7-8(13)6-14-10(9(7)17-5)15-11(16)18-12(2,3)4/h6H,1-5H3,(H,14,15,16). The van der Waals surface area contributed by atoms with E-state index in [0.29, 0.717) is 11.6 Å². The minimum Gasteiger partial charge on any atom is -0.493 e. The SMILES string of the molecule is COc1c(NC(=O)OC(C)(C)C)ncc(Br)c1C. The van der Waals surface area contributed by atoms with Gasteiger partial charge in [-0.1, -0.05) is 0 Å². The number of anilines is 1. The Kier molecular flexibility index (Phi) is 4.56. The normalized spacial score (nSPS) is 11.0. The van der Waals surface area contributed by atoms with Gasteiger partial charge in [0.15, 0.2) is 11.6 Å². The Balaban J connectivity index is 2.92. The van der Waals surface area contributed by atoms with Crippen LogP contribution in [0, 0.1) is 6.92 Å². The molecule has 0 aromatic carbocycles. The molecular formula is C12H17BrN2O3. The molecule has 0 aliphatic rings. The molecule has 0 fully saturated rings. The van der Waals surface area contributed by atoms with Gasteiger partial charge >= 0.3 is 6.09 Å². The summed E-state index contributed by atoms with van der Waals surface area (Å²) in [6, 6.07) is 0. The lowest BCUT2D eigenvalue weighted by Gasteiger charge is -2.20. The summed E-state index contributed by atoms with van der Waals surface area (Å²) < 4.78 is 11.2. The molecule has 100 valence electrons. The highest BCUT2D eigenvalue weighted by Gasteiger charge is 2.19. The lowest BCUT2D eigenvalue weighted by atomic mass is 10.2. The summed E-state index contributed by atoms with van der Waals surface area (Å²) in [6.07, 6.45) is 1.04. The molecule has 0 spiro atoms. The first-order chi connectivity index (χ1) is 8.24. The van der Waals surface area contributed by atoms with Gasteiger partial charge in [0.2, 0.25) is 0 Å². The van der Waals surface area contributed by atoms with Gasteiger partial charge in [-0.05, 0) is 43.6 Å². The predicted molar refractivity (Wildman–Crippen MR) is 73.1 cm³/mol. The number of hydrogen-bond acceptors (Lipinski definition) is 4. The Morgan fingerprint density at radius 2 is 2.06 bits per heavy atom. The zero-order chi connectivity index (χ0) is 13.9. The predicted octanol–water partition coefficient (Wildman–Crippen LogP) is 3.51. The summed E-state index contributed by atoms with van der Waals surface area (Å²) >= 11 is 3.35. The second kappa shape index (κ2) is 5.56. The maximum atomic E-state index is 11.7. The summed E-state index contributed by atoms with van der Waals surface area (Å²) in [5.41, 5.74) is 0.306. The van der Waals surface area contributed by atoms with Crippen molar-refractivity contribution in [3.8, 4) is 5.75 Å². The Bertz CT molecular complexity index is 455. The molecule has 0 aliphatic heterocycles. The zero-order valence-electron chi connectivity index (χ0n) is 11.1. The van der Waals surface area contributed by atoms with Crippen LogP contribution in [0.25, 0.3) is 0 Å². The van der Waals surface area contributed by atoms with Gasteiger partial charge in [-0.15, -0.1) is 0 Å². The Labute approximate surface area is 115 Å². The van der Waals surface area contributed by atoms with Crippen LogP contribution in [0.15, 0.2) is 10.7 Å². The molecule has 0 aliphatic carbocycles. The average molecular weight is 317 g/mol. The summed E-state index contributed by atoms with van der Waals surface area (Å²) in [5, 5.41) is 2.57. The fraction of sp³-hybridized carbons (Fsp3) is 0.500. The average Bonchev–Trinajstić information content (AvgIpc) is 2.21. The second-order valence-electron chi connectivity index (χ2n) is 4.74. The van der Waals surface area contributed by atoms with Crippen LogP contribution in [0.2, 0.25) is 0 Å². The first kappa shape index (κ1) is 14.8. The molecule has 0 bridgehead atoms. The van der Waals surface area contributed by atoms with Crippen molar-refractivity contribution in [2.24, 2.45) is 0 Å².